The standard InChI is InChI=1S/C37H49N5O7/c1-4-14-29(33(45)35(47)38-21-31(44)40-32(25(3)43)28-19-12-7-13-20-28)39-34(46)30-23-41(22-26-15-8-5-9-16-26)37(49)42(30)36(48)24(2)27-17-10-6-11-18-27/h5,7-9,12-13,15-16,19-20,24,27,29-30,32-33,45H,4,6,10-11,14,17-18,21-23H2,1-3H3,(H,38,47)(H,39,46)(H,40,44). The first-order chi connectivity index (χ1) is 23.5. The maximum absolute atomic E-state index is 13.9. The summed E-state index contributed by atoms with van der Waals surface area (Å²) < 4.78 is 0. The van der Waals surface area contributed by atoms with Gasteiger partial charge in [-0.25, -0.2) is 9.69 Å². The fourth-order valence-electron chi connectivity index (χ4n) is 6.72. The van der Waals surface area contributed by atoms with Crippen molar-refractivity contribution in [1.82, 2.24) is 25.8 Å². The lowest BCUT2D eigenvalue weighted by atomic mass is 9.80. The molecule has 5 atom stereocenters. The van der Waals surface area contributed by atoms with Gasteiger partial charge in [0, 0.05) is 12.5 Å². The number of hydrogen-bond acceptors (Lipinski definition) is 7. The number of ketones is 1. The average Bonchev–Trinajstić information content (AvgIpc) is 3.44. The van der Waals surface area contributed by atoms with Crippen molar-refractivity contribution in [3.8, 4) is 0 Å². The molecule has 1 heterocycles. The third-order valence-corrected chi connectivity index (χ3v) is 9.53. The van der Waals surface area contributed by atoms with Crippen LogP contribution in [-0.2, 0) is 30.5 Å². The third-order valence-electron chi connectivity index (χ3n) is 9.53. The topological polar surface area (TPSA) is 165 Å². The number of carbonyl (C=O) groups is 6. The zero-order valence-corrected chi connectivity index (χ0v) is 28.6. The molecule has 12 heteroatoms. The first kappa shape index (κ1) is 37.2. The zero-order valence-electron chi connectivity index (χ0n) is 28.6. The second-order valence-corrected chi connectivity index (χ2v) is 13.1. The molecule has 1 saturated heterocycles. The summed E-state index contributed by atoms with van der Waals surface area (Å²) in [6.07, 6.45) is 3.92. The molecule has 2 aliphatic rings. The van der Waals surface area contributed by atoms with Crippen molar-refractivity contribution in [2.45, 2.75) is 96.5 Å². The number of imide groups is 1. The van der Waals surface area contributed by atoms with Gasteiger partial charge in [0.2, 0.25) is 17.7 Å². The number of rotatable bonds is 15. The highest BCUT2D eigenvalue weighted by atomic mass is 16.3. The SMILES string of the molecule is CCCC(NC(=O)C1CN(Cc2ccccc2)C(=O)N1C(=O)C(C)C1CCCCC1)C(O)C(=O)NCC(=O)NC(C(C)=O)c1ccccc1. The van der Waals surface area contributed by atoms with E-state index in [1.807, 2.05) is 44.2 Å². The quantitative estimate of drug-likeness (QED) is 0.225. The van der Waals surface area contributed by atoms with E-state index in [0.717, 1.165) is 42.6 Å². The Bertz CT molecular complexity index is 1460. The van der Waals surface area contributed by atoms with E-state index < -0.39 is 66.4 Å². The molecule has 1 aliphatic heterocycles. The van der Waals surface area contributed by atoms with Crippen LogP contribution in [0.25, 0.3) is 0 Å². The fraction of sp³-hybridized carbons (Fsp3) is 0.514. The minimum atomic E-state index is -1.72. The van der Waals surface area contributed by atoms with Crippen LogP contribution in [-0.4, -0.2) is 81.6 Å². The van der Waals surface area contributed by atoms with Crippen LogP contribution in [0.2, 0.25) is 0 Å². The molecule has 5 unspecified atom stereocenters. The van der Waals surface area contributed by atoms with Crippen molar-refractivity contribution in [1.29, 1.82) is 0 Å². The van der Waals surface area contributed by atoms with Crippen LogP contribution in [0.5, 0.6) is 0 Å². The molecule has 1 saturated carbocycles. The molecule has 4 rings (SSSR count). The lowest BCUT2D eigenvalue weighted by Gasteiger charge is -2.31. The van der Waals surface area contributed by atoms with Crippen molar-refractivity contribution in [2.75, 3.05) is 13.1 Å². The summed E-state index contributed by atoms with van der Waals surface area (Å²) >= 11 is 0. The van der Waals surface area contributed by atoms with Gasteiger partial charge in [-0.1, -0.05) is 100 Å². The molecule has 0 bridgehead atoms. The molecule has 2 fully saturated rings. The number of benzene rings is 2. The van der Waals surface area contributed by atoms with E-state index in [1.54, 1.807) is 30.3 Å². The van der Waals surface area contributed by atoms with Crippen molar-refractivity contribution in [3.05, 3.63) is 71.8 Å². The summed E-state index contributed by atoms with van der Waals surface area (Å²) in [7, 11) is 0. The first-order valence-electron chi connectivity index (χ1n) is 17.3. The van der Waals surface area contributed by atoms with Gasteiger partial charge in [0.1, 0.15) is 12.1 Å². The maximum Gasteiger partial charge on any atom is 0.327 e. The lowest BCUT2D eigenvalue weighted by molar-refractivity contribution is -0.141. The molecular weight excluding hydrogens is 626 g/mol. The van der Waals surface area contributed by atoms with Crippen molar-refractivity contribution < 1.29 is 33.9 Å². The molecular formula is C37H49N5O7. The molecule has 6 amide bonds. The number of nitrogens with zero attached hydrogens (tertiary/aromatic N) is 2. The highest BCUT2D eigenvalue weighted by molar-refractivity contribution is 6.03. The van der Waals surface area contributed by atoms with Gasteiger partial charge in [0.15, 0.2) is 11.9 Å². The fourth-order valence-corrected chi connectivity index (χ4v) is 6.72. The average molecular weight is 676 g/mol. The van der Waals surface area contributed by atoms with Crippen molar-refractivity contribution in [2.24, 2.45) is 11.8 Å². The van der Waals surface area contributed by atoms with Gasteiger partial charge in [0.25, 0.3) is 5.91 Å². The van der Waals surface area contributed by atoms with Gasteiger partial charge < -0.3 is 26.0 Å². The number of carbonyl (C=O) groups excluding carboxylic acids is 6. The Kier molecular flexibility index (Phi) is 13.5. The highest BCUT2D eigenvalue weighted by Crippen LogP contribution is 2.33. The van der Waals surface area contributed by atoms with Crippen LogP contribution in [0.15, 0.2) is 60.7 Å². The molecule has 0 spiro atoms. The third kappa shape index (κ3) is 9.75. The predicted octanol–water partition coefficient (Wildman–Crippen LogP) is 3.24. The van der Waals surface area contributed by atoms with Gasteiger partial charge in [-0.05, 0) is 43.2 Å². The van der Waals surface area contributed by atoms with Crippen molar-refractivity contribution >= 4 is 35.4 Å². The van der Waals surface area contributed by atoms with E-state index in [2.05, 4.69) is 16.0 Å². The van der Waals surface area contributed by atoms with E-state index in [-0.39, 0.29) is 31.2 Å². The van der Waals surface area contributed by atoms with E-state index in [0.29, 0.717) is 12.0 Å². The van der Waals surface area contributed by atoms with E-state index in [1.165, 1.54) is 11.8 Å². The Morgan fingerprint density at radius 1 is 0.918 bits per heavy atom. The second kappa shape index (κ2) is 17.7. The number of urea groups is 1. The second-order valence-electron chi connectivity index (χ2n) is 13.1. The summed E-state index contributed by atoms with van der Waals surface area (Å²) in [5, 5.41) is 18.7. The molecule has 49 heavy (non-hydrogen) atoms. The minimum Gasteiger partial charge on any atom is -0.381 e. The summed E-state index contributed by atoms with van der Waals surface area (Å²) in [4.78, 5) is 81.9. The number of Topliss-reactive ketones (excluding diaryl/α,β-unsaturated/α-hetero) is 1. The van der Waals surface area contributed by atoms with Gasteiger partial charge in [-0.15, -0.1) is 0 Å². The number of hydrogen-bond donors (Lipinski definition) is 4. The van der Waals surface area contributed by atoms with Gasteiger partial charge in [-0.2, -0.15) is 0 Å². The van der Waals surface area contributed by atoms with E-state index >= 15 is 0 Å². The molecule has 0 radical (unpaired) electrons. The largest absolute Gasteiger partial charge is 0.381 e. The molecule has 264 valence electrons. The summed E-state index contributed by atoms with van der Waals surface area (Å²) in [5.74, 6) is -3.19. The maximum atomic E-state index is 13.9. The van der Waals surface area contributed by atoms with Crippen LogP contribution in [0.3, 0.4) is 0 Å². The Labute approximate surface area is 288 Å². The van der Waals surface area contributed by atoms with Crippen LogP contribution < -0.4 is 16.0 Å². The first-order valence-corrected chi connectivity index (χ1v) is 17.3. The molecule has 1 aliphatic carbocycles. The number of amides is 6. The van der Waals surface area contributed by atoms with Crippen LogP contribution in [0.1, 0.15) is 82.9 Å². The van der Waals surface area contributed by atoms with Crippen LogP contribution in [0.4, 0.5) is 4.79 Å². The Morgan fingerprint density at radius 3 is 2.16 bits per heavy atom. The monoisotopic (exact) mass is 675 g/mol. The van der Waals surface area contributed by atoms with Gasteiger partial charge >= 0.3 is 6.03 Å². The number of aliphatic hydroxyl groups excluding tert-OH is 1. The Hall–Kier alpha value is -4.58. The van der Waals surface area contributed by atoms with Gasteiger partial charge in [-0.3, -0.25) is 24.0 Å². The lowest BCUT2D eigenvalue weighted by Crippen LogP contribution is -2.57. The van der Waals surface area contributed by atoms with Crippen LogP contribution in [0, 0.1) is 11.8 Å². The molecule has 2 aromatic rings. The number of aliphatic hydroxyl groups is 1. The van der Waals surface area contributed by atoms with Crippen molar-refractivity contribution in [3.63, 3.8) is 0 Å². The normalized spacial score (nSPS) is 19.0. The summed E-state index contributed by atoms with van der Waals surface area (Å²) in [6.45, 7) is 4.66. The predicted molar refractivity (Wildman–Crippen MR) is 182 cm³/mol. The molecule has 0 aromatic heterocycles. The minimum absolute atomic E-state index is 0.0390. The summed E-state index contributed by atoms with van der Waals surface area (Å²) in [6, 6.07) is 14.3. The molecule has 12 nitrogen and oxygen atoms in total. The Balaban J connectivity index is 1.44. The van der Waals surface area contributed by atoms with E-state index in [9.17, 15) is 33.9 Å². The number of nitrogens with one attached hydrogen (secondary N) is 3. The van der Waals surface area contributed by atoms with E-state index in [4.69, 9.17) is 0 Å². The summed E-state index contributed by atoms with van der Waals surface area (Å²) in [5.41, 5.74) is 1.44. The molecule has 2 aromatic carbocycles. The Morgan fingerprint density at radius 2 is 1.55 bits per heavy atom. The molecule has 4 N–H and O–H groups in total. The highest BCUT2D eigenvalue weighted by Gasteiger charge is 2.47. The van der Waals surface area contributed by atoms with Gasteiger partial charge in [0.05, 0.1) is 19.1 Å². The smallest absolute Gasteiger partial charge is 0.327 e. The zero-order chi connectivity index (χ0) is 35.5. The van der Waals surface area contributed by atoms with Crippen LogP contribution >= 0.6 is 0 Å².